The molecule has 0 aliphatic rings. The zero-order valence-corrected chi connectivity index (χ0v) is 9.33. The highest BCUT2D eigenvalue weighted by atomic mass is 35.5. The van der Waals surface area contributed by atoms with Crippen LogP contribution in [0, 0.1) is 11.8 Å². The molecule has 0 bridgehead atoms. The van der Waals surface area contributed by atoms with Crippen molar-refractivity contribution in [3.63, 3.8) is 0 Å². The maximum atomic E-state index is 5.90. The summed E-state index contributed by atoms with van der Waals surface area (Å²) in [7, 11) is 0. The van der Waals surface area contributed by atoms with Gasteiger partial charge in [-0.1, -0.05) is 41.6 Å². The molecule has 0 saturated carbocycles. The summed E-state index contributed by atoms with van der Waals surface area (Å²) in [5, 5.41) is 0.542. The fourth-order valence-electron chi connectivity index (χ4n) is 1.27. The smallest absolute Gasteiger partial charge is 0.0647 e. The van der Waals surface area contributed by atoms with Crippen molar-refractivity contribution in [2.75, 3.05) is 5.73 Å². The Kier molecular flexibility index (Phi) is 3.14. The first kappa shape index (κ1) is 10.6. The largest absolute Gasteiger partial charge is 0.398 e. The second-order valence-corrected chi connectivity index (χ2v) is 3.76. The van der Waals surface area contributed by atoms with E-state index >= 15 is 0 Å². The third-order valence-electron chi connectivity index (χ3n) is 2.13. The van der Waals surface area contributed by atoms with Crippen LogP contribution in [0.1, 0.15) is 11.1 Å². The number of anilines is 1. The summed E-state index contributed by atoms with van der Waals surface area (Å²) in [5.41, 5.74) is 8.04. The van der Waals surface area contributed by atoms with Gasteiger partial charge < -0.3 is 5.73 Å². The molecule has 1 nitrogen and oxygen atoms in total. The van der Waals surface area contributed by atoms with Crippen LogP contribution < -0.4 is 5.73 Å². The molecular weight excluding hydrogens is 218 g/mol. The first-order valence-electron chi connectivity index (χ1n) is 4.88. The number of halogens is 1. The van der Waals surface area contributed by atoms with E-state index < -0.39 is 0 Å². The molecule has 2 aromatic carbocycles. The molecule has 2 heteroatoms. The quantitative estimate of drug-likeness (QED) is 0.542. The molecule has 0 heterocycles. The van der Waals surface area contributed by atoms with Crippen LogP contribution in [0.4, 0.5) is 5.69 Å². The van der Waals surface area contributed by atoms with E-state index in [9.17, 15) is 0 Å². The second kappa shape index (κ2) is 4.74. The molecule has 0 spiro atoms. The van der Waals surface area contributed by atoms with E-state index in [1.807, 2.05) is 36.4 Å². The highest BCUT2D eigenvalue weighted by Gasteiger charge is 1.95. The van der Waals surface area contributed by atoms with Crippen molar-refractivity contribution in [1.29, 1.82) is 0 Å². The van der Waals surface area contributed by atoms with Gasteiger partial charge >= 0.3 is 0 Å². The Morgan fingerprint density at radius 3 is 2.25 bits per heavy atom. The van der Waals surface area contributed by atoms with E-state index in [1.165, 1.54) is 0 Å². The number of hydrogen-bond acceptors (Lipinski definition) is 1. The topological polar surface area (TPSA) is 26.0 Å². The Morgan fingerprint density at radius 1 is 0.875 bits per heavy atom. The van der Waals surface area contributed by atoms with Crippen LogP contribution in [0.5, 0.6) is 0 Å². The van der Waals surface area contributed by atoms with Crippen LogP contribution in [-0.4, -0.2) is 0 Å². The molecule has 0 atom stereocenters. The standard InChI is InChI=1S/C14H10ClN/c15-13-10-12(8-9-14(13)16)7-6-11-4-2-1-3-5-11/h1-5,8-10H,16H2. The number of benzene rings is 2. The molecule has 2 aromatic rings. The molecule has 0 amide bonds. The molecule has 0 aromatic heterocycles. The van der Waals surface area contributed by atoms with E-state index in [1.54, 1.807) is 12.1 Å². The van der Waals surface area contributed by atoms with Gasteiger partial charge in [0.1, 0.15) is 0 Å². The Bertz CT molecular complexity index is 550. The molecule has 2 rings (SSSR count). The van der Waals surface area contributed by atoms with Crippen LogP contribution in [0.3, 0.4) is 0 Å². The summed E-state index contributed by atoms with van der Waals surface area (Å²) in [6.45, 7) is 0. The molecule has 0 fully saturated rings. The predicted octanol–water partition coefficient (Wildman–Crippen LogP) is 3.32. The summed E-state index contributed by atoms with van der Waals surface area (Å²) < 4.78 is 0. The summed E-state index contributed by atoms with van der Waals surface area (Å²) in [6, 6.07) is 15.2. The summed E-state index contributed by atoms with van der Waals surface area (Å²) >= 11 is 5.90. The first-order chi connectivity index (χ1) is 7.75. The van der Waals surface area contributed by atoms with Gasteiger partial charge in [0, 0.05) is 11.1 Å². The Labute approximate surface area is 99.9 Å². The minimum absolute atomic E-state index is 0.542. The fraction of sp³-hybridized carbons (Fsp3) is 0. The van der Waals surface area contributed by atoms with E-state index in [4.69, 9.17) is 17.3 Å². The molecule has 0 unspecified atom stereocenters. The molecule has 0 aliphatic heterocycles. The van der Waals surface area contributed by atoms with Gasteiger partial charge in [-0.15, -0.1) is 0 Å². The maximum Gasteiger partial charge on any atom is 0.0647 e. The third-order valence-corrected chi connectivity index (χ3v) is 2.45. The average Bonchev–Trinajstić information content (AvgIpc) is 2.32. The minimum Gasteiger partial charge on any atom is -0.398 e. The zero-order chi connectivity index (χ0) is 11.4. The van der Waals surface area contributed by atoms with Gasteiger partial charge in [0.2, 0.25) is 0 Å². The molecule has 0 aliphatic carbocycles. The molecule has 16 heavy (non-hydrogen) atoms. The summed E-state index contributed by atoms with van der Waals surface area (Å²) in [4.78, 5) is 0. The minimum atomic E-state index is 0.542. The van der Waals surface area contributed by atoms with Crippen molar-refractivity contribution >= 4 is 17.3 Å². The van der Waals surface area contributed by atoms with Gasteiger partial charge in [0.25, 0.3) is 0 Å². The lowest BCUT2D eigenvalue weighted by Gasteiger charge is -1.96. The van der Waals surface area contributed by atoms with Crippen molar-refractivity contribution in [3.05, 3.63) is 64.7 Å². The van der Waals surface area contributed by atoms with Crippen molar-refractivity contribution < 1.29 is 0 Å². The lowest BCUT2D eigenvalue weighted by Crippen LogP contribution is -1.86. The number of rotatable bonds is 0. The first-order valence-corrected chi connectivity index (χ1v) is 5.25. The number of nitrogens with two attached hydrogens (primary N) is 1. The lowest BCUT2D eigenvalue weighted by atomic mass is 10.2. The highest BCUT2D eigenvalue weighted by molar-refractivity contribution is 6.33. The van der Waals surface area contributed by atoms with Crippen molar-refractivity contribution in [1.82, 2.24) is 0 Å². The lowest BCUT2D eigenvalue weighted by molar-refractivity contribution is 1.61. The van der Waals surface area contributed by atoms with E-state index in [0.29, 0.717) is 10.7 Å². The fourth-order valence-corrected chi connectivity index (χ4v) is 1.45. The van der Waals surface area contributed by atoms with E-state index in [2.05, 4.69) is 11.8 Å². The predicted molar refractivity (Wildman–Crippen MR) is 68.3 cm³/mol. The monoisotopic (exact) mass is 227 g/mol. The van der Waals surface area contributed by atoms with Crippen LogP contribution in [0.25, 0.3) is 0 Å². The normalized spacial score (nSPS) is 9.31. The third kappa shape index (κ3) is 2.56. The molecule has 78 valence electrons. The van der Waals surface area contributed by atoms with Gasteiger partial charge in [-0.05, 0) is 30.3 Å². The van der Waals surface area contributed by atoms with Crippen LogP contribution in [0.2, 0.25) is 5.02 Å². The van der Waals surface area contributed by atoms with Gasteiger partial charge in [-0.3, -0.25) is 0 Å². The van der Waals surface area contributed by atoms with Gasteiger partial charge in [0.15, 0.2) is 0 Å². The van der Waals surface area contributed by atoms with Crippen LogP contribution in [0.15, 0.2) is 48.5 Å². The van der Waals surface area contributed by atoms with Gasteiger partial charge in [0.05, 0.1) is 10.7 Å². The van der Waals surface area contributed by atoms with E-state index in [-0.39, 0.29) is 0 Å². The van der Waals surface area contributed by atoms with Gasteiger partial charge in [-0.2, -0.15) is 0 Å². The highest BCUT2D eigenvalue weighted by Crippen LogP contribution is 2.18. The average molecular weight is 228 g/mol. The number of hydrogen-bond donors (Lipinski definition) is 1. The molecule has 0 radical (unpaired) electrons. The van der Waals surface area contributed by atoms with Gasteiger partial charge in [-0.25, -0.2) is 0 Å². The number of nitrogen functional groups attached to an aromatic ring is 1. The molecule has 0 saturated heterocycles. The van der Waals surface area contributed by atoms with Crippen molar-refractivity contribution in [3.8, 4) is 11.8 Å². The maximum absolute atomic E-state index is 5.90. The molecular formula is C14H10ClN. The molecule has 2 N–H and O–H groups in total. The Balaban J connectivity index is 2.28. The van der Waals surface area contributed by atoms with Crippen molar-refractivity contribution in [2.45, 2.75) is 0 Å². The van der Waals surface area contributed by atoms with Crippen molar-refractivity contribution in [2.24, 2.45) is 0 Å². The SMILES string of the molecule is Nc1ccc(C#Cc2ccccc2)cc1Cl. The zero-order valence-electron chi connectivity index (χ0n) is 8.57. The Morgan fingerprint density at radius 2 is 1.56 bits per heavy atom. The Hall–Kier alpha value is -1.91. The summed E-state index contributed by atoms with van der Waals surface area (Å²) in [5.74, 6) is 6.10. The van der Waals surface area contributed by atoms with Crippen LogP contribution >= 0.6 is 11.6 Å². The second-order valence-electron chi connectivity index (χ2n) is 3.35. The van der Waals surface area contributed by atoms with E-state index in [0.717, 1.165) is 11.1 Å². The summed E-state index contributed by atoms with van der Waals surface area (Å²) in [6.07, 6.45) is 0. The van der Waals surface area contributed by atoms with Crippen LogP contribution in [-0.2, 0) is 0 Å².